The second-order valence-electron chi connectivity index (χ2n) is 8.18. The van der Waals surface area contributed by atoms with Crippen molar-refractivity contribution in [2.75, 3.05) is 32.8 Å². The summed E-state index contributed by atoms with van der Waals surface area (Å²) in [4.78, 5) is 2.66. The summed E-state index contributed by atoms with van der Waals surface area (Å²) in [5.74, 6) is 0.104. The average Bonchev–Trinajstić information content (AvgIpc) is 2.64. The maximum absolute atomic E-state index is 6.13. The van der Waals surface area contributed by atoms with Gasteiger partial charge in [0.2, 0.25) is 0 Å². The third-order valence-electron chi connectivity index (χ3n) is 5.99. The predicted molar refractivity (Wildman–Crippen MR) is 113 cm³/mol. The Morgan fingerprint density at radius 3 is 1.96 bits per heavy atom. The van der Waals surface area contributed by atoms with Gasteiger partial charge in [0.25, 0.3) is 0 Å². The highest BCUT2D eigenvalue weighted by Gasteiger charge is 2.35. The van der Waals surface area contributed by atoms with Crippen LogP contribution in [0.4, 0.5) is 0 Å². The predicted octanol–water partition coefficient (Wildman–Crippen LogP) is 6.41. The number of hydrogen-bond donors (Lipinski definition) is 0. The van der Waals surface area contributed by atoms with E-state index in [0.717, 1.165) is 13.2 Å². The molecule has 1 aliphatic heterocycles. The van der Waals surface area contributed by atoms with Crippen molar-refractivity contribution in [3.05, 3.63) is 0 Å². The fourth-order valence-electron chi connectivity index (χ4n) is 4.43. The van der Waals surface area contributed by atoms with Crippen molar-refractivity contribution >= 4 is 0 Å². The van der Waals surface area contributed by atoms with Gasteiger partial charge in [0.05, 0.1) is 0 Å². The fourth-order valence-corrected chi connectivity index (χ4v) is 4.43. The molecule has 1 saturated heterocycles. The Morgan fingerprint density at radius 1 is 0.769 bits per heavy atom. The van der Waals surface area contributed by atoms with Crippen LogP contribution in [0.1, 0.15) is 105 Å². The van der Waals surface area contributed by atoms with Crippen LogP contribution in [-0.2, 0) is 9.47 Å². The van der Waals surface area contributed by atoms with Gasteiger partial charge in [-0.25, -0.2) is 0 Å². The van der Waals surface area contributed by atoms with Gasteiger partial charge in [-0.2, -0.15) is 0 Å². The van der Waals surface area contributed by atoms with Crippen LogP contribution in [0.3, 0.4) is 0 Å². The summed E-state index contributed by atoms with van der Waals surface area (Å²) in [5.41, 5.74) is 0. The van der Waals surface area contributed by atoms with Crippen molar-refractivity contribution < 1.29 is 9.47 Å². The monoisotopic (exact) mass is 369 g/mol. The van der Waals surface area contributed by atoms with Gasteiger partial charge in [-0.3, -0.25) is 0 Å². The lowest BCUT2D eigenvalue weighted by atomic mass is 9.88. The highest BCUT2D eigenvalue weighted by Crippen LogP contribution is 2.32. The molecule has 0 N–H and O–H groups in total. The standard InChI is InChI=1S/C23H47NO2/c1-5-8-9-10-11-13-17-22(23(4,25-6-2)26-7-3)18-16-21-24-19-14-12-15-20-24/h22H,5-21H2,1-4H3. The molecule has 0 spiro atoms. The first-order chi connectivity index (χ1) is 12.7. The topological polar surface area (TPSA) is 21.7 Å². The zero-order valence-corrected chi connectivity index (χ0v) is 18.4. The number of ether oxygens (including phenoxy) is 2. The number of rotatable bonds is 16. The molecule has 0 aliphatic carbocycles. The highest BCUT2D eigenvalue weighted by molar-refractivity contribution is 4.77. The zero-order valence-electron chi connectivity index (χ0n) is 18.4. The van der Waals surface area contributed by atoms with Crippen LogP contribution < -0.4 is 0 Å². The number of nitrogens with zero attached hydrogens (tertiary/aromatic N) is 1. The third kappa shape index (κ3) is 9.71. The molecule has 1 aliphatic rings. The molecule has 156 valence electrons. The Kier molecular flexibility index (Phi) is 13.7. The Balaban J connectivity index is 2.46. The van der Waals surface area contributed by atoms with Crippen LogP contribution in [0.25, 0.3) is 0 Å². The molecule has 0 saturated carbocycles. The van der Waals surface area contributed by atoms with Gasteiger partial charge in [-0.1, -0.05) is 51.9 Å². The molecule has 1 unspecified atom stereocenters. The van der Waals surface area contributed by atoms with Gasteiger partial charge in [0.1, 0.15) is 0 Å². The number of unbranched alkanes of at least 4 members (excludes halogenated alkanes) is 5. The molecule has 0 bridgehead atoms. The van der Waals surface area contributed by atoms with E-state index in [0.29, 0.717) is 5.92 Å². The lowest BCUT2D eigenvalue weighted by molar-refractivity contribution is -0.254. The molecule has 26 heavy (non-hydrogen) atoms. The minimum absolute atomic E-state index is 0.408. The maximum atomic E-state index is 6.13. The van der Waals surface area contributed by atoms with Crippen LogP contribution >= 0.6 is 0 Å². The van der Waals surface area contributed by atoms with Gasteiger partial charge in [0.15, 0.2) is 5.79 Å². The molecule has 1 heterocycles. The first-order valence-electron chi connectivity index (χ1n) is 11.7. The molecule has 1 rings (SSSR count). The summed E-state index contributed by atoms with van der Waals surface area (Å²) >= 11 is 0. The molecule has 1 fully saturated rings. The number of piperidine rings is 1. The van der Waals surface area contributed by atoms with Crippen molar-refractivity contribution in [2.24, 2.45) is 5.92 Å². The van der Waals surface area contributed by atoms with E-state index in [2.05, 4.69) is 32.6 Å². The van der Waals surface area contributed by atoms with Crippen LogP contribution in [0.5, 0.6) is 0 Å². The number of likely N-dealkylation sites (tertiary alicyclic amines) is 1. The second kappa shape index (κ2) is 14.9. The van der Waals surface area contributed by atoms with Crippen molar-refractivity contribution in [2.45, 2.75) is 111 Å². The lowest BCUT2D eigenvalue weighted by Gasteiger charge is -2.38. The smallest absolute Gasteiger partial charge is 0.168 e. The molecule has 0 radical (unpaired) electrons. The van der Waals surface area contributed by atoms with E-state index >= 15 is 0 Å². The van der Waals surface area contributed by atoms with Crippen molar-refractivity contribution in [3.8, 4) is 0 Å². The Bertz CT molecular complexity index is 309. The largest absolute Gasteiger partial charge is 0.350 e. The van der Waals surface area contributed by atoms with Crippen LogP contribution in [0.15, 0.2) is 0 Å². The Labute approximate surface area is 164 Å². The van der Waals surface area contributed by atoms with Gasteiger partial charge >= 0.3 is 0 Å². The first kappa shape index (κ1) is 23.9. The van der Waals surface area contributed by atoms with Gasteiger partial charge in [0, 0.05) is 19.1 Å². The summed E-state index contributed by atoms with van der Waals surface area (Å²) < 4.78 is 12.3. The molecule has 1 atom stereocenters. The fraction of sp³-hybridized carbons (Fsp3) is 1.00. The second-order valence-corrected chi connectivity index (χ2v) is 8.18. The van der Waals surface area contributed by atoms with Crippen LogP contribution in [-0.4, -0.2) is 43.5 Å². The molecule has 0 aromatic rings. The quantitative estimate of drug-likeness (QED) is 0.232. The minimum Gasteiger partial charge on any atom is -0.350 e. The average molecular weight is 370 g/mol. The number of hydrogen-bond acceptors (Lipinski definition) is 3. The van der Waals surface area contributed by atoms with E-state index in [1.165, 1.54) is 96.7 Å². The first-order valence-corrected chi connectivity index (χ1v) is 11.7. The van der Waals surface area contributed by atoms with E-state index in [-0.39, 0.29) is 0 Å². The van der Waals surface area contributed by atoms with E-state index < -0.39 is 5.79 Å². The molecule has 0 aromatic heterocycles. The summed E-state index contributed by atoms with van der Waals surface area (Å²) in [6, 6.07) is 0. The summed E-state index contributed by atoms with van der Waals surface area (Å²) in [5, 5.41) is 0. The Morgan fingerprint density at radius 2 is 1.35 bits per heavy atom. The molecular formula is C23H47NO2. The van der Waals surface area contributed by atoms with Crippen LogP contribution in [0, 0.1) is 5.92 Å². The summed E-state index contributed by atoms with van der Waals surface area (Å²) in [7, 11) is 0. The zero-order chi connectivity index (χ0) is 19.1. The molecule has 3 heteroatoms. The third-order valence-corrected chi connectivity index (χ3v) is 5.99. The molecule has 0 amide bonds. The summed E-state index contributed by atoms with van der Waals surface area (Å²) in [6.45, 7) is 14.0. The van der Waals surface area contributed by atoms with Gasteiger partial charge < -0.3 is 14.4 Å². The summed E-state index contributed by atoms with van der Waals surface area (Å²) in [6.07, 6.45) is 16.1. The van der Waals surface area contributed by atoms with E-state index in [1.54, 1.807) is 0 Å². The van der Waals surface area contributed by atoms with Gasteiger partial charge in [-0.15, -0.1) is 0 Å². The van der Waals surface area contributed by atoms with E-state index in [9.17, 15) is 0 Å². The van der Waals surface area contributed by atoms with Crippen LogP contribution in [0.2, 0.25) is 0 Å². The SMILES string of the molecule is CCCCCCCCC(CCCN1CCCCC1)C(C)(OCC)OCC. The molecular weight excluding hydrogens is 322 g/mol. The van der Waals surface area contributed by atoms with Crippen molar-refractivity contribution in [1.29, 1.82) is 0 Å². The normalized spacial score (nSPS) is 17.5. The maximum Gasteiger partial charge on any atom is 0.168 e. The minimum atomic E-state index is -0.408. The Hall–Kier alpha value is -0.120. The molecule has 3 nitrogen and oxygen atoms in total. The molecule has 0 aromatic carbocycles. The van der Waals surface area contributed by atoms with E-state index in [4.69, 9.17) is 9.47 Å². The highest BCUT2D eigenvalue weighted by atomic mass is 16.7. The van der Waals surface area contributed by atoms with Gasteiger partial charge in [-0.05, 0) is 72.5 Å². The van der Waals surface area contributed by atoms with Crippen molar-refractivity contribution in [3.63, 3.8) is 0 Å². The van der Waals surface area contributed by atoms with E-state index in [1.807, 2.05) is 0 Å². The van der Waals surface area contributed by atoms with Crippen molar-refractivity contribution in [1.82, 2.24) is 4.90 Å². The lowest BCUT2D eigenvalue weighted by Crippen LogP contribution is -2.41.